The van der Waals surface area contributed by atoms with Crippen molar-refractivity contribution in [1.29, 1.82) is 0 Å². The van der Waals surface area contributed by atoms with Crippen LogP contribution >= 0.6 is 0 Å². The van der Waals surface area contributed by atoms with Crippen LogP contribution in [-0.2, 0) is 4.79 Å². The third kappa shape index (κ3) is 3.34. The van der Waals surface area contributed by atoms with Gasteiger partial charge in [-0.1, -0.05) is 12.1 Å². The van der Waals surface area contributed by atoms with Gasteiger partial charge in [0, 0.05) is 37.3 Å². The van der Waals surface area contributed by atoms with Crippen molar-refractivity contribution in [3.05, 3.63) is 29.8 Å². The van der Waals surface area contributed by atoms with Crippen molar-refractivity contribution < 1.29 is 9.59 Å². The average molecular weight is 260 g/mol. The maximum absolute atomic E-state index is 11.6. The highest BCUT2D eigenvalue weighted by Crippen LogP contribution is 2.24. The molecule has 1 saturated heterocycles. The van der Waals surface area contributed by atoms with Crippen molar-refractivity contribution in [3.8, 4) is 0 Å². The Bertz CT molecular complexity index is 477. The van der Waals surface area contributed by atoms with E-state index in [-0.39, 0.29) is 17.7 Å². The van der Waals surface area contributed by atoms with E-state index in [2.05, 4.69) is 10.2 Å². The summed E-state index contributed by atoms with van der Waals surface area (Å²) in [6.07, 6.45) is 1.84. The number of benzene rings is 1. The molecule has 0 saturated carbocycles. The molecule has 1 fully saturated rings. The van der Waals surface area contributed by atoms with Gasteiger partial charge in [0.25, 0.3) is 0 Å². The molecule has 1 aliphatic rings. The summed E-state index contributed by atoms with van der Waals surface area (Å²) in [4.78, 5) is 24.9. The van der Waals surface area contributed by atoms with Gasteiger partial charge < -0.3 is 10.2 Å². The van der Waals surface area contributed by atoms with E-state index in [1.807, 2.05) is 24.3 Å². The highest BCUT2D eigenvalue weighted by molar-refractivity contribution is 5.99. The van der Waals surface area contributed by atoms with Crippen LogP contribution in [0.15, 0.2) is 24.3 Å². The van der Waals surface area contributed by atoms with Gasteiger partial charge >= 0.3 is 0 Å². The Morgan fingerprint density at radius 1 is 1.16 bits per heavy atom. The summed E-state index contributed by atoms with van der Waals surface area (Å²) < 4.78 is 0. The summed E-state index contributed by atoms with van der Waals surface area (Å²) in [7, 11) is 0. The fourth-order valence-corrected chi connectivity index (χ4v) is 2.60. The lowest BCUT2D eigenvalue weighted by Gasteiger charge is -2.34. The molecule has 1 aliphatic heterocycles. The van der Waals surface area contributed by atoms with E-state index in [1.54, 1.807) is 13.8 Å². The predicted molar refractivity (Wildman–Crippen MR) is 75.5 cm³/mol. The minimum absolute atomic E-state index is 0.0302. The van der Waals surface area contributed by atoms with E-state index < -0.39 is 0 Å². The minimum Gasteiger partial charge on any atom is -0.371 e. The Labute approximate surface area is 113 Å². The highest BCUT2D eigenvalue weighted by atomic mass is 16.1. The molecule has 1 amide bonds. The zero-order valence-electron chi connectivity index (χ0n) is 11.5. The first kappa shape index (κ1) is 13.6. The number of anilines is 1. The minimum atomic E-state index is 0.0302. The van der Waals surface area contributed by atoms with Crippen LogP contribution in [0.4, 0.5) is 5.69 Å². The van der Waals surface area contributed by atoms with E-state index in [1.165, 1.54) is 0 Å². The molecule has 0 aliphatic carbocycles. The average Bonchev–Trinajstić information content (AvgIpc) is 2.39. The summed E-state index contributed by atoms with van der Waals surface area (Å²) in [5.41, 5.74) is 1.79. The Morgan fingerprint density at radius 3 is 2.37 bits per heavy atom. The third-order valence-electron chi connectivity index (χ3n) is 3.53. The topological polar surface area (TPSA) is 49.4 Å². The Balaban J connectivity index is 2.05. The van der Waals surface area contributed by atoms with Crippen LogP contribution in [0.1, 0.15) is 37.0 Å². The van der Waals surface area contributed by atoms with Gasteiger partial charge in [-0.25, -0.2) is 0 Å². The standard InChI is InChI=1S/C15H20N2O2/c1-11(18)14-5-3-4-6-15(14)17-9-7-13(8-10-17)16-12(2)19/h3-6,13H,7-10H2,1-2H3,(H,16,19). The summed E-state index contributed by atoms with van der Waals surface area (Å²) in [6.45, 7) is 4.89. The molecule has 19 heavy (non-hydrogen) atoms. The van der Waals surface area contributed by atoms with Gasteiger partial charge in [-0.15, -0.1) is 0 Å². The summed E-state index contributed by atoms with van der Waals surface area (Å²) in [5.74, 6) is 0.127. The molecule has 0 radical (unpaired) electrons. The normalized spacial score (nSPS) is 16.2. The van der Waals surface area contributed by atoms with Gasteiger partial charge in [0.1, 0.15) is 0 Å². The number of hydrogen-bond acceptors (Lipinski definition) is 3. The van der Waals surface area contributed by atoms with Gasteiger partial charge in [-0.3, -0.25) is 9.59 Å². The van der Waals surface area contributed by atoms with Crippen molar-refractivity contribution in [3.63, 3.8) is 0 Å². The van der Waals surface area contributed by atoms with Gasteiger partial charge in [0.2, 0.25) is 5.91 Å². The van der Waals surface area contributed by atoms with Crippen molar-refractivity contribution >= 4 is 17.4 Å². The van der Waals surface area contributed by atoms with Crippen LogP contribution in [-0.4, -0.2) is 30.8 Å². The second kappa shape index (κ2) is 5.87. The van der Waals surface area contributed by atoms with Crippen LogP contribution in [0, 0.1) is 0 Å². The first-order chi connectivity index (χ1) is 9.08. The largest absolute Gasteiger partial charge is 0.371 e. The second-order valence-corrected chi connectivity index (χ2v) is 5.04. The van der Waals surface area contributed by atoms with E-state index in [4.69, 9.17) is 0 Å². The van der Waals surface area contributed by atoms with Gasteiger partial charge in [-0.2, -0.15) is 0 Å². The van der Waals surface area contributed by atoms with Crippen molar-refractivity contribution in [2.75, 3.05) is 18.0 Å². The third-order valence-corrected chi connectivity index (χ3v) is 3.53. The number of piperidine rings is 1. The van der Waals surface area contributed by atoms with Crippen LogP contribution in [0.3, 0.4) is 0 Å². The van der Waals surface area contributed by atoms with E-state index in [0.29, 0.717) is 0 Å². The summed E-state index contributed by atoms with van der Waals surface area (Å²) in [5, 5.41) is 2.96. The summed E-state index contributed by atoms with van der Waals surface area (Å²) in [6, 6.07) is 7.98. The zero-order chi connectivity index (χ0) is 13.8. The molecule has 1 heterocycles. The summed E-state index contributed by atoms with van der Waals surface area (Å²) >= 11 is 0. The molecule has 102 valence electrons. The number of hydrogen-bond donors (Lipinski definition) is 1. The molecule has 0 bridgehead atoms. The molecule has 1 N–H and O–H groups in total. The number of nitrogens with zero attached hydrogens (tertiary/aromatic N) is 1. The fraction of sp³-hybridized carbons (Fsp3) is 0.467. The lowest BCUT2D eigenvalue weighted by atomic mass is 10.0. The maximum Gasteiger partial charge on any atom is 0.217 e. The van der Waals surface area contributed by atoms with Gasteiger partial charge in [0.15, 0.2) is 5.78 Å². The molecular formula is C15H20N2O2. The van der Waals surface area contributed by atoms with Crippen LogP contribution in [0.25, 0.3) is 0 Å². The van der Waals surface area contributed by atoms with E-state index >= 15 is 0 Å². The first-order valence-electron chi connectivity index (χ1n) is 6.70. The zero-order valence-corrected chi connectivity index (χ0v) is 11.5. The molecule has 4 nitrogen and oxygen atoms in total. The molecule has 0 spiro atoms. The quantitative estimate of drug-likeness (QED) is 0.846. The Kier molecular flexibility index (Phi) is 4.20. The number of nitrogens with one attached hydrogen (secondary N) is 1. The lowest BCUT2D eigenvalue weighted by molar-refractivity contribution is -0.119. The number of carbonyl (C=O) groups is 2. The maximum atomic E-state index is 11.6. The first-order valence-corrected chi connectivity index (χ1v) is 6.70. The van der Waals surface area contributed by atoms with Crippen molar-refractivity contribution in [2.24, 2.45) is 0 Å². The second-order valence-electron chi connectivity index (χ2n) is 5.04. The number of carbonyl (C=O) groups excluding carboxylic acids is 2. The molecular weight excluding hydrogens is 240 g/mol. The van der Waals surface area contributed by atoms with E-state index in [0.717, 1.165) is 37.2 Å². The lowest BCUT2D eigenvalue weighted by Crippen LogP contribution is -2.44. The smallest absolute Gasteiger partial charge is 0.217 e. The molecule has 0 atom stereocenters. The van der Waals surface area contributed by atoms with Gasteiger partial charge in [-0.05, 0) is 31.9 Å². The fourth-order valence-electron chi connectivity index (χ4n) is 2.60. The molecule has 4 heteroatoms. The SMILES string of the molecule is CC(=O)NC1CCN(c2ccccc2C(C)=O)CC1. The van der Waals surface area contributed by atoms with Gasteiger partial charge in [0.05, 0.1) is 0 Å². The molecule has 1 aromatic carbocycles. The number of rotatable bonds is 3. The molecule has 0 aromatic heterocycles. The number of Topliss-reactive ketones (excluding diaryl/α,β-unsaturated/α-hetero) is 1. The number of ketones is 1. The predicted octanol–water partition coefficient (Wildman–Crippen LogP) is 1.99. The van der Waals surface area contributed by atoms with E-state index in [9.17, 15) is 9.59 Å². The number of para-hydroxylation sites is 1. The molecule has 0 unspecified atom stereocenters. The van der Waals surface area contributed by atoms with Crippen LogP contribution in [0.2, 0.25) is 0 Å². The Morgan fingerprint density at radius 2 is 1.79 bits per heavy atom. The highest BCUT2D eigenvalue weighted by Gasteiger charge is 2.21. The Hall–Kier alpha value is -1.84. The number of amides is 1. The van der Waals surface area contributed by atoms with Crippen LogP contribution < -0.4 is 10.2 Å². The van der Waals surface area contributed by atoms with Crippen molar-refractivity contribution in [1.82, 2.24) is 5.32 Å². The van der Waals surface area contributed by atoms with Crippen molar-refractivity contribution in [2.45, 2.75) is 32.7 Å². The molecule has 2 rings (SSSR count). The monoisotopic (exact) mass is 260 g/mol. The van der Waals surface area contributed by atoms with Crippen LogP contribution in [0.5, 0.6) is 0 Å². The molecule has 1 aromatic rings.